The topological polar surface area (TPSA) is 93.5 Å². The Morgan fingerprint density at radius 2 is 1.88 bits per heavy atom. The van der Waals surface area contributed by atoms with Gasteiger partial charge in [-0.2, -0.15) is 5.26 Å². The highest BCUT2D eigenvalue weighted by molar-refractivity contribution is 7.99. The molecule has 2 heterocycles. The van der Waals surface area contributed by atoms with Crippen LogP contribution in [0.25, 0.3) is 0 Å². The molecule has 1 N–H and O–H groups in total. The summed E-state index contributed by atoms with van der Waals surface area (Å²) in [6.07, 6.45) is 0.924. The Hall–Kier alpha value is -3.31. The molecule has 1 fully saturated rings. The number of hydrogen-bond donors (Lipinski definition) is 1. The quantitative estimate of drug-likeness (QED) is 0.776. The van der Waals surface area contributed by atoms with Crippen molar-refractivity contribution in [1.29, 1.82) is 5.26 Å². The van der Waals surface area contributed by atoms with E-state index in [-0.39, 0.29) is 30.2 Å². The van der Waals surface area contributed by atoms with Crippen molar-refractivity contribution in [3.05, 3.63) is 65.2 Å². The minimum atomic E-state index is -0.576. The SMILES string of the molecule is CC(=O)N1CCc2ccccc2C1CC(=O)N1CSCC1C(=O)Nc1ccc(C#N)cc1. The molecule has 2 unspecified atom stereocenters. The number of nitrogens with zero attached hydrogens (tertiary/aromatic N) is 3. The fraction of sp³-hybridized carbons (Fsp3) is 0.333. The Morgan fingerprint density at radius 1 is 1.12 bits per heavy atom. The lowest BCUT2D eigenvalue weighted by Crippen LogP contribution is -2.47. The van der Waals surface area contributed by atoms with Crippen LogP contribution in [0.5, 0.6) is 0 Å². The Morgan fingerprint density at radius 3 is 2.59 bits per heavy atom. The number of hydrogen-bond acceptors (Lipinski definition) is 5. The van der Waals surface area contributed by atoms with Crippen LogP contribution < -0.4 is 5.32 Å². The van der Waals surface area contributed by atoms with Crippen molar-refractivity contribution in [1.82, 2.24) is 9.80 Å². The number of carbonyl (C=O) groups is 3. The smallest absolute Gasteiger partial charge is 0.248 e. The normalized spacial score (nSPS) is 19.8. The molecule has 1 saturated heterocycles. The molecular weight excluding hydrogens is 424 g/mol. The molecule has 2 aliphatic heterocycles. The average Bonchev–Trinajstić information content (AvgIpc) is 3.30. The van der Waals surface area contributed by atoms with Crippen molar-refractivity contribution in [2.45, 2.75) is 31.8 Å². The van der Waals surface area contributed by atoms with Gasteiger partial charge < -0.3 is 15.1 Å². The van der Waals surface area contributed by atoms with E-state index in [4.69, 9.17) is 5.26 Å². The van der Waals surface area contributed by atoms with E-state index in [1.54, 1.807) is 34.1 Å². The summed E-state index contributed by atoms with van der Waals surface area (Å²) in [5.41, 5.74) is 3.27. The molecule has 164 valence electrons. The zero-order valence-electron chi connectivity index (χ0n) is 17.8. The van der Waals surface area contributed by atoms with Crippen LogP contribution in [-0.4, -0.2) is 51.7 Å². The summed E-state index contributed by atoms with van der Waals surface area (Å²) >= 11 is 1.54. The summed E-state index contributed by atoms with van der Waals surface area (Å²) in [6, 6.07) is 15.7. The predicted molar refractivity (Wildman–Crippen MR) is 123 cm³/mol. The number of anilines is 1. The van der Waals surface area contributed by atoms with Crippen LogP contribution in [0, 0.1) is 11.3 Å². The van der Waals surface area contributed by atoms with Crippen molar-refractivity contribution in [2.75, 3.05) is 23.5 Å². The zero-order valence-corrected chi connectivity index (χ0v) is 18.6. The van der Waals surface area contributed by atoms with Crippen molar-refractivity contribution < 1.29 is 14.4 Å². The minimum Gasteiger partial charge on any atom is -0.335 e. The standard InChI is InChI=1S/C24H24N4O3S/c1-16(29)27-11-10-18-4-2-3-5-20(18)21(27)12-23(30)28-15-32-14-22(28)24(31)26-19-8-6-17(13-25)7-9-19/h2-9,21-22H,10-12,14-15H2,1H3,(H,26,31). The fourth-order valence-corrected chi connectivity index (χ4v) is 5.47. The molecular formula is C24H24N4O3S. The van der Waals surface area contributed by atoms with Crippen molar-refractivity contribution in [3.8, 4) is 6.07 Å². The number of fused-ring (bicyclic) bond motifs is 1. The first kappa shape index (κ1) is 21.9. The second-order valence-electron chi connectivity index (χ2n) is 7.94. The molecule has 0 aromatic heterocycles. The molecule has 32 heavy (non-hydrogen) atoms. The lowest BCUT2D eigenvalue weighted by Gasteiger charge is -2.37. The summed E-state index contributed by atoms with van der Waals surface area (Å²) in [5.74, 6) is 0.524. The Bertz CT molecular complexity index is 1080. The van der Waals surface area contributed by atoms with Gasteiger partial charge in [-0.05, 0) is 41.8 Å². The number of carbonyl (C=O) groups excluding carboxylic acids is 3. The molecule has 0 radical (unpaired) electrons. The van der Waals surface area contributed by atoms with Crippen LogP contribution in [0.2, 0.25) is 0 Å². The molecule has 8 heteroatoms. The Labute approximate surface area is 191 Å². The van der Waals surface area contributed by atoms with Gasteiger partial charge in [0, 0.05) is 24.9 Å². The van der Waals surface area contributed by atoms with Crippen molar-refractivity contribution in [2.24, 2.45) is 0 Å². The van der Waals surface area contributed by atoms with E-state index in [1.165, 1.54) is 18.7 Å². The lowest BCUT2D eigenvalue weighted by molar-refractivity contribution is -0.139. The van der Waals surface area contributed by atoms with Gasteiger partial charge in [-0.3, -0.25) is 14.4 Å². The zero-order chi connectivity index (χ0) is 22.7. The maximum absolute atomic E-state index is 13.3. The van der Waals surface area contributed by atoms with Gasteiger partial charge in [-0.25, -0.2) is 0 Å². The van der Waals surface area contributed by atoms with E-state index in [2.05, 4.69) is 5.32 Å². The number of benzene rings is 2. The van der Waals surface area contributed by atoms with Crippen LogP contribution in [0.4, 0.5) is 5.69 Å². The Kier molecular flexibility index (Phi) is 6.47. The highest BCUT2D eigenvalue weighted by Crippen LogP contribution is 2.34. The van der Waals surface area contributed by atoms with Crippen LogP contribution in [-0.2, 0) is 20.8 Å². The average molecular weight is 449 g/mol. The molecule has 3 amide bonds. The summed E-state index contributed by atoms with van der Waals surface area (Å²) in [7, 11) is 0. The second kappa shape index (κ2) is 9.45. The van der Waals surface area contributed by atoms with E-state index in [0.29, 0.717) is 29.4 Å². The summed E-state index contributed by atoms with van der Waals surface area (Å²) in [6.45, 7) is 2.12. The van der Waals surface area contributed by atoms with E-state index in [1.807, 2.05) is 30.3 Å². The first-order valence-electron chi connectivity index (χ1n) is 10.5. The van der Waals surface area contributed by atoms with Crippen LogP contribution in [0.3, 0.4) is 0 Å². The van der Waals surface area contributed by atoms with Crippen LogP contribution in [0.15, 0.2) is 48.5 Å². The molecule has 2 aromatic rings. The van der Waals surface area contributed by atoms with Gasteiger partial charge in [0.25, 0.3) is 0 Å². The molecule has 2 aromatic carbocycles. The molecule has 2 atom stereocenters. The van der Waals surface area contributed by atoms with Gasteiger partial charge in [0.05, 0.1) is 30.0 Å². The largest absolute Gasteiger partial charge is 0.335 e. The van der Waals surface area contributed by atoms with Crippen LogP contribution >= 0.6 is 11.8 Å². The third-order valence-corrected chi connectivity index (χ3v) is 6.98. The highest BCUT2D eigenvalue weighted by Gasteiger charge is 2.38. The fourth-order valence-electron chi connectivity index (χ4n) is 4.29. The van der Waals surface area contributed by atoms with Crippen molar-refractivity contribution >= 4 is 35.2 Å². The second-order valence-corrected chi connectivity index (χ2v) is 8.94. The van der Waals surface area contributed by atoms with Gasteiger partial charge in [0.2, 0.25) is 17.7 Å². The first-order valence-corrected chi connectivity index (χ1v) is 11.7. The summed E-state index contributed by atoms with van der Waals surface area (Å²) < 4.78 is 0. The van der Waals surface area contributed by atoms with Gasteiger partial charge in [-0.1, -0.05) is 24.3 Å². The third kappa shape index (κ3) is 4.48. The van der Waals surface area contributed by atoms with Gasteiger partial charge in [-0.15, -0.1) is 11.8 Å². The Balaban J connectivity index is 1.48. The molecule has 7 nitrogen and oxygen atoms in total. The van der Waals surface area contributed by atoms with E-state index >= 15 is 0 Å². The molecule has 0 saturated carbocycles. The summed E-state index contributed by atoms with van der Waals surface area (Å²) in [4.78, 5) is 41.8. The minimum absolute atomic E-state index is 0.0526. The monoisotopic (exact) mass is 448 g/mol. The highest BCUT2D eigenvalue weighted by atomic mass is 32.2. The molecule has 0 aliphatic carbocycles. The van der Waals surface area contributed by atoms with E-state index < -0.39 is 6.04 Å². The van der Waals surface area contributed by atoms with Crippen molar-refractivity contribution in [3.63, 3.8) is 0 Å². The molecule has 4 rings (SSSR count). The third-order valence-electron chi connectivity index (χ3n) is 5.97. The maximum Gasteiger partial charge on any atom is 0.248 e. The number of rotatable bonds is 4. The maximum atomic E-state index is 13.3. The molecule has 2 aliphatic rings. The number of thioether (sulfide) groups is 1. The number of amides is 3. The van der Waals surface area contributed by atoms with Gasteiger partial charge in [0.15, 0.2) is 0 Å². The van der Waals surface area contributed by atoms with Gasteiger partial charge >= 0.3 is 0 Å². The molecule has 0 bridgehead atoms. The van der Waals surface area contributed by atoms with Gasteiger partial charge in [0.1, 0.15) is 6.04 Å². The lowest BCUT2D eigenvalue weighted by atomic mass is 9.90. The van der Waals surface area contributed by atoms with Crippen LogP contribution in [0.1, 0.15) is 36.1 Å². The first-order chi connectivity index (χ1) is 15.5. The van der Waals surface area contributed by atoms with E-state index in [9.17, 15) is 14.4 Å². The molecule has 0 spiro atoms. The van der Waals surface area contributed by atoms with E-state index in [0.717, 1.165) is 17.5 Å². The number of nitrogens with one attached hydrogen (secondary N) is 1. The predicted octanol–water partition coefficient (Wildman–Crippen LogP) is 2.93. The summed E-state index contributed by atoms with van der Waals surface area (Å²) in [5, 5.41) is 11.8. The number of nitriles is 1.